The van der Waals surface area contributed by atoms with Gasteiger partial charge in [-0.3, -0.25) is 9.59 Å². The van der Waals surface area contributed by atoms with Crippen molar-refractivity contribution in [3.8, 4) is 23.1 Å². The molecule has 0 bridgehead atoms. The van der Waals surface area contributed by atoms with Crippen LogP contribution in [0.3, 0.4) is 0 Å². The number of rotatable bonds is 9. The number of methoxy groups -OCH3 is 1. The number of hydrogen-bond acceptors (Lipinski definition) is 12. The Hall–Kier alpha value is -4.50. The molecule has 0 spiro atoms. The number of likely N-dealkylation sites (tertiary alicyclic amines) is 1. The molecule has 0 aromatic carbocycles. The number of nitrogens with zero attached hydrogens (tertiary/aromatic N) is 7. The number of nitrogens with one attached hydrogen (secondary N) is 1. The Morgan fingerprint density at radius 1 is 1.04 bits per heavy atom. The van der Waals surface area contributed by atoms with E-state index in [0.717, 1.165) is 55.8 Å². The van der Waals surface area contributed by atoms with Gasteiger partial charge in [-0.15, -0.1) is 11.3 Å². The number of primary amides is 1. The molecule has 5 N–H and O–H groups in total. The first-order valence-corrected chi connectivity index (χ1v) is 17.0. The summed E-state index contributed by atoms with van der Waals surface area (Å²) in [4.78, 5) is 44.2. The third-order valence-corrected chi connectivity index (χ3v) is 10.4. The highest BCUT2D eigenvalue weighted by atomic mass is 32.1. The van der Waals surface area contributed by atoms with E-state index in [0.29, 0.717) is 46.1 Å². The van der Waals surface area contributed by atoms with Gasteiger partial charge in [-0.1, -0.05) is 0 Å². The van der Waals surface area contributed by atoms with Gasteiger partial charge in [0, 0.05) is 25.2 Å². The van der Waals surface area contributed by atoms with Crippen LogP contribution in [0.1, 0.15) is 70.0 Å². The number of pyridine rings is 1. The van der Waals surface area contributed by atoms with Crippen molar-refractivity contribution in [2.24, 2.45) is 5.73 Å². The molecule has 0 radical (unpaired) electrons. The van der Waals surface area contributed by atoms with Crippen LogP contribution in [0.15, 0.2) is 24.5 Å². The van der Waals surface area contributed by atoms with Gasteiger partial charge in [-0.05, 0) is 83.2 Å². The molecule has 4 aromatic heterocycles. The summed E-state index contributed by atoms with van der Waals surface area (Å²) in [5, 5.41) is 8.53. The molecule has 15 heteroatoms. The van der Waals surface area contributed by atoms with Crippen molar-refractivity contribution in [3.63, 3.8) is 0 Å². The number of nitrogens with two attached hydrogens (primary N) is 2. The van der Waals surface area contributed by atoms with E-state index in [1.165, 1.54) is 44.3 Å². The van der Waals surface area contributed by atoms with Crippen LogP contribution in [-0.4, -0.2) is 92.8 Å². The number of fused-ring (bicyclic) bond motifs is 1. The van der Waals surface area contributed by atoms with Gasteiger partial charge in [-0.2, -0.15) is 5.10 Å². The molecular weight excluding hydrogens is 620 g/mol. The first kappa shape index (κ1) is 31.1. The van der Waals surface area contributed by atoms with Crippen molar-refractivity contribution in [3.05, 3.63) is 40.0 Å². The minimum atomic E-state index is -0.633. The molecule has 3 fully saturated rings. The zero-order valence-electron chi connectivity index (χ0n) is 26.6. The first-order valence-electron chi connectivity index (χ1n) is 16.2. The number of piperidine rings is 1. The van der Waals surface area contributed by atoms with E-state index in [-0.39, 0.29) is 29.5 Å². The van der Waals surface area contributed by atoms with E-state index in [1.807, 2.05) is 13.0 Å². The lowest BCUT2D eigenvalue weighted by molar-refractivity contribution is 0.0518. The average molecular weight is 661 g/mol. The number of aromatic nitrogens is 5. The fourth-order valence-electron chi connectivity index (χ4n) is 6.99. The summed E-state index contributed by atoms with van der Waals surface area (Å²) < 4.78 is 13.4. The highest BCUT2D eigenvalue weighted by Crippen LogP contribution is 2.36. The highest BCUT2D eigenvalue weighted by Gasteiger charge is 2.32. The normalized spacial score (nSPS) is 21.7. The number of aryl methyl sites for hydroxylation is 1. The van der Waals surface area contributed by atoms with Crippen LogP contribution in [0.2, 0.25) is 0 Å². The Bertz CT molecular complexity index is 1800. The Kier molecular flexibility index (Phi) is 8.57. The lowest BCUT2D eigenvalue weighted by atomic mass is 9.90. The molecule has 3 aliphatic rings. The maximum absolute atomic E-state index is 13.7. The summed E-state index contributed by atoms with van der Waals surface area (Å²) in [5.41, 5.74) is 14.7. The topological polar surface area (TPSA) is 179 Å². The summed E-state index contributed by atoms with van der Waals surface area (Å²) in [5.74, 6) is 0.0851. The summed E-state index contributed by atoms with van der Waals surface area (Å²) in [7, 11) is 1.44. The van der Waals surface area contributed by atoms with E-state index in [2.05, 4.69) is 35.2 Å². The van der Waals surface area contributed by atoms with E-state index >= 15 is 0 Å². The third-order valence-electron chi connectivity index (χ3n) is 9.48. The second kappa shape index (κ2) is 13.0. The maximum Gasteiger partial charge on any atom is 0.267 e. The molecule has 2 amide bonds. The largest absolute Gasteiger partial charge is 0.480 e. The number of amides is 2. The van der Waals surface area contributed by atoms with Gasteiger partial charge in [0.1, 0.15) is 23.5 Å². The molecule has 248 valence electrons. The summed E-state index contributed by atoms with van der Waals surface area (Å²) in [6.45, 7) is 5.65. The lowest BCUT2D eigenvalue weighted by Crippen LogP contribution is -2.48. The smallest absolute Gasteiger partial charge is 0.267 e. The molecule has 1 saturated carbocycles. The van der Waals surface area contributed by atoms with E-state index in [1.54, 1.807) is 16.6 Å². The van der Waals surface area contributed by atoms with Crippen molar-refractivity contribution < 1.29 is 19.1 Å². The van der Waals surface area contributed by atoms with Gasteiger partial charge in [0.25, 0.3) is 11.8 Å². The van der Waals surface area contributed by atoms with Crippen molar-refractivity contribution in [1.29, 1.82) is 0 Å². The zero-order chi connectivity index (χ0) is 32.7. The van der Waals surface area contributed by atoms with Crippen molar-refractivity contribution in [2.75, 3.05) is 43.9 Å². The van der Waals surface area contributed by atoms with Crippen LogP contribution in [0.5, 0.6) is 11.8 Å². The zero-order valence-corrected chi connectivity index (χ0v) is 27.5. The van der Waals surface area contributed by atoms with Crippen LogP contribution >= 0.6 is 11.3 Å². The van der Waals surface area contributed by atoms with Gasteiger partial charge in [0.2, 0.25) is 11.8 Å². The summed E-state index contributed by atoms with van der Waals surface area (Å²) in [6.07, 6.45) is 8.67. The van der Waals surface area contributed by atoms with Crippen LogP contribution in [0.4, 0.5) is 11.5 Å². The molecule has 4 aromatic rings. The van der Waals surface area contributed by atoms with E-state index in [9.17, 15) is 9.59 Å². The second-order valence-electron chi connectivity index (χ2n) is 12.5. The number of carbonyl (C=O) groups excluding carboxylic acids is 2. The fraction of sp³-hybridized carbons (Fsp3) is 0.500. The SMILES string of the molecule is COc1nc(-c2cc(N3CCC[C@@H](NC(=O)c4sc(C)nc4OC4CCC(N5CCC5)CC4)C3)c3c(N)ncnn23)ccc1C(N)=O. The van der Waals surface area contributed by atoms with Crippen LogP contribution in [0, 0.1) is 6.92 Å². The number of ether oxygens (including phenoxy) is 2. The Morgan fingerprint density at radius 3 is 2.57 bits per heavy atom. The van der Waals surface area contributed by atoms with Gasteiger partial charge < -0.3 is 36.1 Å². The number of nitrogen functional groups attached to an aromatic ring is 1. The van der Waals surface area contributed by atoms with Gasteiger partial charge in [0.05, 0.1) is 29.2 Å². The number of anilines is 2. The third kappa shape index (κ3) is 6.16. The maximum atomic E-state index is 13.7. The molecule has 14 nitrogen and oxygen atoms in total. The lowest BCUT2D eigenvalue weighted by Gasteiger charge is -2.41. The van der Waals surface area contributed by atoms with Crippen molar-refractivity contribution in [1.82, 2.24) is 34.8 Å². The number of carbonyl (C=O) groups is 2. The van der Waals surface area contributed by atoms with Crippen LogP contribution in [0.25, 0.3) is 16.9 Å². The minimum Gasteiger partial charge on any atom is -0.480 e. The van der Waals surface area contributed by atoms with Crippen LogP contribution in [-0.2, 0) is 0 Å². The monoisotopic (exact) mass is 660 g/mol. The predicted octanol–water partition coefficient (Wildman–Crippen LogP) is 3.04. The fourth-order valence-corrected chi connectivity index (χ4v) is 7.74. The Labute approximate surface area is 276 Å². The van der Waals surface area contributed by atoms with Gasteiger partial charge >= 0.3 is 0 Å². The minimum absolute atomic E-state index is 0.0807. The van der Waals surface area contributed by atoms with E-state index in [4.69, 9.17) is 20.9 Å². The molecule has 6 heterocycles. The predicted molar refractivity (Wildman–Crippen MR) is 178 cm³/mol. The number of hydrogen-bond donors (Lipinski definition) is 3. The molecule has 47 heavy (non-hydrogen) atoms. The Balaban J connectivity index is 1.08. The molecule has 1 atom stereocenters. The Morgan fingerprint density at radius 2 is 1.85 bits per heavy atom. The highest BCUT2D eigenvalue weighted by molar-refractivity contribution is 7.13. The molecular formula is C32H40N10O4S. The first-order chi connectivity index (χ1) is 22.8. The summed E-state index contributed by atoms with van der Waals surface area (Å²) >= 11 is 1.37. The molecule has 2 aliphatic heterocycles. The molecule has 1 aliphatic carbocycles. The average Bonchev–Trinajstić information content (AvgIpc) is 3.62. The molecule has 0 unspecified atom stereocenters. The van der Waals surface area contributed by atoms with Crippen LogP contribution < -0.4 is 31.2 Å². The number of thiazole rings is 1. The van der Waals surface area contributed by atoms with Gasteiger partial charge in [-0.25, -0.2) is 19.5 Å². The molecule has 7 rings (SSSR count). The quantitative estimate of drug-likeness (QED) is 0.240. The standard InChI is InChI=1S/C32H40N10O4S/c1-18-37-32(46-21-8-6-20(7-9-21)40-13-4-14-40)27(47-18)30(44)38-19-5-3-12-41(16-19)25-15-24(42-26(25)28(33)35-17-36-42)23-11-10-22(29(34)43)31(39-23)45-2/h10-11,15,17,19-21H,3-9,12-14,16H2,1-2H3,(H2,34,43)(H,38,44)(H2,33,35,36)/t19-,20?,21?/m1/s1. The molecule has 2 saturated heterocycles. The van der Waals surface area contributed by atoms with Gasteiger partial charge in [0.15, 0.2) is 10.7 Å². The van der Waals surface area contributed by atoms with Crippen molar-refractivity contribution >= 4 is 40.2 Å². The van der Waals surface area contributed by atoms with E-state index < -0.39 is 5.91 Å². The second-order valence-corrected chi connectivity index (χ2v) is 13.7. The van der Waals surface area contributed by atoms with Crippen molar-refractivity contribution in [2.45, 2.75) is 70.1 Å². The summed E-state index contributed by atoms with van der Waals surface area (Å²) in [6, 6.07) is 5.77.